The molecule has 0 spiro atoms. The molecule has 0 saturated carbocycles. The maximum Gasteiger partial charge on any atom is 0.289 e. The zero-order chi connectivity index (χ0) is 18.6. The number of hydrazine groups is 1. The fraction of sp³-hybridized carbons (Fsp3) is 0.133. The van der Waals surface area contributed by atoms with E-state index in [1.807, 2.05) is 24.3 Å². The summed E-state index contributed by atoms with van der Waals surface area (Å²) in [5, 5.41) is 2.88. The Hall–Kier alpha value is -1.80. The number of amides is 1. The lowest BCUT2D eigenvalue weighted by atomic mass is 10.1. The van der Waals surface area contributed by atoms with Crippen LogP contribution in [0.1, 0.15) is 23.0 Å². The third kappa shape index (κ3) is 4.85. The lowest BCUT2D eigenvalue weighted by molar-refractivity contribution is 0.0939. The molecule has 0 fully saturated rings. The summed E-state index contributed by atoms with van der Waals surface area (Å²) in [6.07, 6.45) is 0.944. The summed E-state index contributed by atoms with van der Waals surface area (Å²) in [5.74, 6) is -0.666. The Labute approximate surface area is 165 Å². The van der Waals surface area contributed by atoms with Gasteiger partial charge < -0.3 is 11.1 Å². The molecule has 2 rings (SSSR count). The van der Waals surface area contributed by atoms with Crippen molar-refractivity contribution in [2.75, 3.05) is 11.1 Å². The van der Waals surface area contributed by atoms with Gasteiger partial charge in [-0.25, -0.2) is 4.98 Å². The minimum absolute atomic E-state index is 0.0103. The van der Waals surface area contributed by atoms with E-state index in [-0.39, 0.29) is 31.7 Å². The van der Waals surface area contributed by atoms with Crippen molar-refractivity contribution < 1.29 is 4.79 Å². The molecule has 0 atom stereocenters. The first-order chi connectivity index (χ1) is 11.8. The second-order valence-corrected chi connectivity index (χ2v) is 6.40. The number of halogens is 3. The molecule has 1 aromatic heterocycles. The number of rotatable bonds is 3. The number of carbonyl (C=O) groups is 1. The molecule has 2 aromatic rings. The number of nitrogens with zero attached hydrogens (tertiary/aromatic N) is 1. The Kier molecular flexibility index (Phi) is 6.66. The standard InChI is InChI=1S/C15H14Cl3N5OS/c1-2-7-3-5-8(6-4-7)20-15(25)23-22-14(24)12-9(16)11(19)10(17)13(18)21-12/h3-6H,2H2,1H3,(H2,19,21)(H,22,24)(H2,20,23,25). The maximum atomic E-state index is 12.2. The molecule has 132 valence electrons. The van der Waals surface area contributed by atoms with Crippen LogP contribution in [0.5, 0.6) is 0 Å². The van der Waals surface area contributed by atoms with E-state index >= 15 is 0 Å². The molecule has 0 saturated heterocycles. The van der Waals surface area contributed by atoms with Gasteiger partial charge in [-0.2, -0.15) is 0 Å². The van der Waals surface area contributed by atoms with Crippen LogP contribution in [0.2, 0.25) is 15.2 Å². The Morgan fingerprint density at radius 2 is 1.80 bits per heavy atom. The number of nitrogen functional groups attached to an aromatic ring is 1. The first-order valence-electron chi connectivity index (χ1n) is 7.09. The number of hydrogen-bond donors (Lipinski definition) is 4. The van der Waals surface area contributed by atoms with Crippen molar-refractivity contribution in [2.45, 2.75) is 13.3 Å². The number of aryl methyl sites for hydroxylation is 1. The Morgan fingerprint density at radius 1 is 1.16 bits per heavy atom. The number of carbonyl (C=O) groups excluding carboxylic acids is 1. The van der Waals surface area contributed by atoms with E-state index in [4.69, 9.17) is 52.8 Å². The summed E-state index contributed by atoms with van der Waals surface area (Å²) in [6.45, 7) is 2.07. The summed E-state index contributed by atoms with van der Waals surface area (Å²) in [5.41, 5.74) is 12.4. The van der Waals surface area contributed by atoms with Crippen molar-refractivity contribution in [3.05, 3.63) is 50.7 Å². The molecule has 0 aliphatic rings. The number of anilines is 2. The van der Waals surface area contributed by atoms with Crippen molar-refractivity contribution in [1.82, 2.24) is 15.8 Å². The van der Waals surface area contributed by atoms with Crippen LogP contribution in [0.25, 0.3) is 0 Å². The number of nitrogens with two attached hydrogens (primary N) is 1. The molecule has 1 aromatic carbocycles. The molecular formula is C15H14Cl3N5OS. The first kappa shape index (κ1) is 19.5. The summed E-state index contributed by atoms with van der Waals surface area (Å²) in [6, 6.07) is 7.72. The molecule has 0 bridgehead atoms. The van der Waals surface area contributed by atoms with Gasteiger partial charge >= 0.3 is 0 Å². The van der Waals surface area contributed by atoms with Crippen molar-refractivity contribution >= 4 is 69.4 Å². The van der Waals surface area contributed by atoms with Gasteiger partial charge in [-0.15, -0.1) is 0 Å². The lowest BCUT2D eigenvalue weighted by Crippen LogP contribution is -2.44. The van der Waals surface area contributed by atoms with Gasteiger partial charge in [0, 0.05) is 5.69 Å². The number of pyridine rings is 1. The average Bonchev–Trinajstić information content (AvgIpc) is 2.61. The number of nitrogens with one attached hydrogen (secondary N) is 3. The van der Waals surface area contributed by atoms with Crippen LogP contribution in [-0.2, 0) is 6.42 Å². The summed E-state index contributed by atoms with van der Waals surface area (Å²) in [4.78, 5) is 16.0. The van der Waals surface area contributed by atoms with Gasteiger partial charge in [-0.3, -0.25) is 15.6 Å². The van der Waals surface area contributed by atoms with Crippen LogP contribution in [0.3, 0.4) is 0 Å². The predicted octanol–water partition coefficient (Wildman–Crippen LogP) is 3.82. The molecule has 5 N–H and O–H groups in total. The quantitative estimate of drug-likeness (QED) is 0.344. The third-order valence-corrected chi connectivity index (χ3v) is 4.54. The van der Waals surface area contributed by atoms with Crippen LogP contribution in [-0.4, -0.2) is 16.0 Å². The van der Waals surface area contributed by atoms with Crippen molar-refractivity contribution in [3.8, 4) is 0 Å². The van der Waals surface area contributed by atoms with Crippen molar-refractivity contribution in [3.63, 3.8) is 0 Å². The SMILES string of the molecule is CCc1ccc(NC(=S)NNC(=O)c2nc(Cl)c(Cl)c(N)c2Cl)cc1. The zero-order valence-electron chi connectivity index (χ0n) is 13.0. The fourth-order valence-corrected chi connectivity index (χ4v) is 2.60. The summed E-state index contributed by atoms with van der Waals surface area (Å²) in [7, 11) is 0. The second kappa shape index (κ2) is 8.53. The van der Waals surface area contributed by atoms with Crippen molar-refractivity contribution in [2.24, 2.45) is 0 Å². The normalized spacial score (nSPS) is 10.2. The highest BCUT2D eigenvalue weighted by Gasteiger charge is 2.19. The monoisotopic (exact) mass is 417 g/mol. The number of thiocarbonyl (C=S) groups is 1. The van der Waals surface area contributed by atoms with E-state index in [2.05, 4.69) is 28.1 Å². The predicted molar refractivity (Wildman–Crippen MR) is 106 cm³/mol. The smallest absolute Gasteiger partial charge is 0.289 e. The summed E-state index contributed by atoms with van der Waals surface area (Å²) < 4.78 is 0. The number of benzene rings is 1. The molecule has 25 heavy (non-hydrogen) atoms. The minimum atomic E-state index is -0.666. The van der Waals surface area contributed by atoms with Gasteiger partial charge in [0.05, 0.1) is 10.7 Å². The topological polar surface area (TPSA) is 92.1 Å². The first-order valence-corrected chi connectivity index (χ1v) is 8.64. The molecule has 10 heteroatoms. The number of hydrogen-bond acceptors (Lipinski definition) is 4. The van der Waals surface area contributed by atoms with Crippen LogP contribution in [0.4, 0.5) is 11.4 Å². The van der Waals surface area contributed by atoms with Crippen LogP contribution in [0, 0.1) is 0 Å². The molecule has 0 radical (unpaired) electrons. The maximum absolute atomic E-state index is 12.2. The minimum Gasteiger partial charge on any atom is -0.396 e. The molecular weight excluding hydrogens is 405 g/mol. The van der Waals surface area contributed by atoms with Gasteiger partial charge in [0.2, 0.25) is 0 Å². The van der Waals surface area contributed by atoms with Gasteiger partial charge in [0.15, 0.2) is 16.0 Å². The van der Waals surface area contributed by atoms with E-state index in [0.29, 0.717) is 0 Å². The van der Waals surface area contributed by atoms with E-state index in [1.165, 1.54) is 5.56 Å². The highest BCUT2D eigenvalue weighted by atomic mass is 35.5. The lowest BCUT2D eigenvalue weighted by Gasteiger charge is -2.13. The molecule has 0 aliphatic carbocycles. The van der Waals surface area contributed by atoms with Gasteiger partial charge in [-0.1, -0.05) is 53.9 Å². The van der Waals surface area contributed by atoms with Gasteiger partial charge in [0.1, 0.15) is 5.02 Å². The van der Waals surface area contributed by atoms with Crippen LogP contribution in [0.15, 0.2) is 24.3 Å². The Bertz CT molecular complexity index is 814. The Balaban J connectivity index is 1.98. The highest BCUT2D eigenvalue weighted by Crippen LogP contribution is 2.34. The van der Waals surface area contributed by atoms with Gasteiger partial charge in [0.25, 0.3) is 5.91 Å². The highest BCUT2D eigenvalue weighted by molar-refractivity contribution is 7.80. The van der Waals surface area contributed by atoms with Gasteiger partial charge in [-0.05, 0) is 36.3 Å². The van der Waals surface area contributed by atoms with E-state index in [9.17, 15) is 4.79 Å². The molecule has 0 aliphatic heterocycles. The summed E-state index contributed by atoms with van der Waals surface area (Å²) >= 11 is 22.7. The third-order valence-electron chi connectivity index (χ3n) is 3.20. The molecule has 1 heterocycles. The number of aromatic nitrogens is 1. The average molecular weight is 419 g/mol. The van der Waals surface area contributed by atoms with E-state index in [1.54, 1.807) is 0 Å². The van der Waals surface area contributed by atoms with Crippen LogP contribution >= 0.6 is 47.0 Å². The Morgan fingerprint density at radius 3 is 2.40 bits per heavy atom. The molecule has 6 nitrogen and oxygen atoms in total. The van der Waals surface area contributed by atoms with E-state index in [0.717, 1.165) is 12.1 Å². The zero-order valence-corrected chi connectivity index (χ0v) is 16.1. The largest absolute Gasteiger partial charge is 0.396 e. The molecule has 1 amide bonds. The fourth-order valence-electron chi connectivity index (χ4n) is 1.84. The van der Waals surface area contributed by atoms with Crippen LogP contribution < -0.4 is 21.9 Å². The van der Waals surface area contributed by atoms with Crippen molar-refractivity contribution in [1.29, 1.82) is 0 Å². The second-order valence-electron chi connectivity index (χ2n) is 4.88. The molecule has 0 unspecified atom stereocenters. The van der Waals surface area contributed by atoms with E-state index < -0.39 is 5.91 Å².